The van der Waals surface area contributed by atoms with Crippen LogP contribution in [0.25, 0.3) is 5.76 Å². The van der Waals surface area contributed by atoms with E-state index in [0.29, 0.717) is 5.75 Å². The zero-order valence-corrected chi connectivity index (χ0v) is 11.3. The van der Waals surface area contributed by atoms with Gasteiger partial charge >= 0.3 is 18.0 Å². The van der Waals surface area contributed by atoms with Gasteiger partial charge in [-0.05, 0) is 24.3 Å². The van der Waals surface area contributed by atoms with E-state index in [2.05, 4.69) is 0 Å². The Morgan fingerprint density at radius 3 is 1.91 bits per heavy atom. The Bertz CT molecular complexity index is 603. The molecular formula is C13H9F7O3. The predicted octanol–water partition coefficient (Wildman–Crippen LogP) is 4.00. The van der Waals surface area contributed by atoms with E-state index in [1.165, 1.54) is 19.2 Å². The zero-order valence-electron chi connectivity index (χ0n) is 11.3. The second kappa shape index (κ2) is 6.09. The maximum atomic E-state index is 13.1. The van der Waals surface area contributed by atoms with Gasteiger partial charge in [-0.15, -0.1) is 0 Å². The van der Waals surface area contributed by atoms with Crippen molar-refractivity contribution in [3.8, 4) is 5.75 Å². The van der Waals surface area contributed by atoms with Crippen molar-refractivity contribution < 1.29 is 45.4 Å². The Morgan fingerprint density at radius 2 is 1.52 bits per heavy atom. The Hall–Kier alpha value is -2.26. The van der Waals surface area contributed by atoms with Crippen LogP contribution in [-0.2, 0) is 4.79 Å². The molecule has 0 heterocycles. The molecule has 10 heteroatoms. The topological polar surface area (TPSA) is 46.5 Å². The van der Waals surface area contributed by atoms with Gasteiger partial charge in [-0.2, -0.15) is 30.7 Å². The summed E-state index contributed by atoms with van der Waals surface area (Å²) in [6, 6.07) is 4.65. The number of hydrogen-bond acceptors (Lipinski definition) is 3. The molecule has 0 amide bonds. The minimum absolute atomic E-state index is 0.259. The number of hydrogen-bond donors (Lipinski definition) is 1. The van der Waals surface area contributed by atoms with E-state index in [9.17, 15) is 40.6 Å². The molecule has 0 aliphatic carbocycles. The first-order valence-electron chi connectivity index (χ1n) is 5.76. The summed E-state index contributed by atoms with van der Waals surface area (Å²) in [5, 5.41) is 9.43. The zero-order chi connectivity index (χ0) is 18.1. The van der Waals surface area contributed by atoms with Crippen LogP contribution in [0.15, 0.2) is 30.3 Å². The van der Waals surface area contributed by atoms with Crippen molar-refractivity contribution >= 4 is 11.5 Å². The van der Waals surface area contributed by atoms with Crippen molar-refractivity contribution in [2.75, 3.05) is 7.11 Å². The van der Waals surface area contributed by atoms with Crippen LogP contribution in [0, 0.1) is 0 Å². The van der Waals surface area contributed by atoms with Gasteiger partial charge in [0.15, 0.2) is 0 Å². The van der Waals surface area contributed by atoms with Crippen LogP contribution in [0.2, 0.25) is 0 Å². The Labute approximate surface area is 125 Å². The molecule has 0 saturated carbocycles. The van der Waals surface area contributed by atoms with Gasteiger partial charge < -0.3 is 9.84 Å². The summed E-state index contributed by atoms with van der Waals surface area (Å²) >= 11 is 0. The van der Waals surface area contributed by atoms with Gasteiger partial charge in [0.1, 0.15) is 11.5 Å². The van der Waals surface area contributed by atoms with E-state index >= 15 is 0 Å². The third-order valence-corrected chi connectivity index (χ3v) is 2.71. The number of benzene rings is 1. The Morgan fingerprint density at radius 1 is 1.04 bits per heavy atom. The lowest BCUT2D eigenvalue weighted by atomic mass is 10.0. The molecular weight excluding hydrogens is 337 g/mol. The molecule has 0 radical (unpaired) electrons. The second-order valence-corrected chi connectivity index (χ2v) is 4.27. The number of aliphatic hydroxyl groups excluding tert-OH is 1. The molecule has 0 bridgehead atoms. The van der Waals surface area contributed by atoms with E-state index in [1.54, 1.807) is 0 Å². The number of ketones is 1. The number of carbonyl (C=O) groups is 1. The Kier molecular flexibility index (Phi) is 4.97. The fraction of sp³-hybridized carbons (Fsp3) is 0.308. The highest BCUT2D eigenvalue weighted by Gasteiger charge is 2.75. The van der Waals surface area contributed by atoms with Crippen molar-refractivity contribution in [1.29, 1.82) is 0 Å². The molecule has 3 nitrogen and oxygen atoms in total. The summed E-state index contributed by atoms with van der Waals surface area (Å²) < 4.78 is 92.2. The fourth-order valence-electron chi connectivity index (χ4n) is 1.39. The minimum atomic E-state index is -6.63. The van der Waals surface area contributed by atoms with Gasteiger partial charge in [-0.1, -0.05) is 0 Å². The number of allylic oxidation sites excluding steroid dienone is 1. The van der Waals surface area contributed by atoms with Crippen molar-refractivity contribution in [2.24, 2.45) is 0 Å². The number of halogens is 7. The lowest BCUT2D eigenvalue weighted by molar-refractivity contribution is -0.342. The summed E-state index contributed by atoms with van der Waals surface area (Å²) in [6.45, 7) is 0. The summed E-state index contributed by atoms with van der Waals surface area (Å²) in [4.78, 5) is 11.1. The molecule has 0 atom stereocenters. The average molecular weight is 346 g/mol. The fourth-order valence-corrected chi connectivity index (χ4v) is 1.39. The van der Waals surface area contributed by atoms with Crippen molar-refractivity contribution in [1.82, 2.24) is 0 Å². The molecule has 23 heavy (non-hydrogen) atoms. The van der Waals surface area contributed by atoms with E-state index in [4.69, 9.17) is 4.74 Å². The maximum Gasteiger partial charge on any atom is 0.460 e. The third-order valence-electron chi connectivity index (χ3n) is 2.71. The van der Waals surface area contributed by atoms with Crippen molar-refractivity contribution in [2.45, 2.75) is 18.0 Å². The molecule has 1 aromatic rings. The second-order valence-electron chi connectivity index (χ2n) is 4.27. The molecule has 0 aliphatic rings. The molecule has 1 rings (SSSR count). The normalized spacial score (nSPS) is 13.8. The summed E-state index contributed by atoms with van der Waals surface area (Å²) in [6.07, 6.45) is -7.02. The molecule has 0 saturated heterocycles. The van der Waals surface area contributed by atoms with Crippen LogP contribution in [0.4, 0.5) is 30.7 Å². The first-order chi connectivity index (χ1) is 10.3. The Balaban J connectivity index is 3.12. The molecule has 1 N–H and O–H groups in total. The lowest BCUT2D eigenvalue weighted by Gasteiger charge is -2.26. The molecule has 0 spiro atoms. The van der Waals surface area contributed by atoms with Crippen LogP contribution in [-0.4, -0.2) is 36.0 Å². The van der Waals surface area contributed by atoms with Crippen LogP contribution < -0.4 is 4.74 Å². The van der Waals surface area contributed by atoms with Gasteiger partial charge in [0.05, 0.1) is 7.11 Å². The highest BCUT2D eigenvalue weighted by Crippen LogP contribution is 2.47. The summed E-state index contributed by atoms with van der Waals surface area (Å²) in [7, 11) is 1.30. The van der Waals surface area contributed by atoms with Crippen LogP contribution in [0.3, 0.4) is 0 Å². The molecule has 128 valence electrons. The molecule has 0 aromatic heterocycles. The first-order valence-corrected chi connectivity index (χ1v) is 5.76. The highest BCUT2D eigenvalue weighted by molar-refractivity contribution is 6.01. The van der Waals surface area contributed by atoms with Crippen LogP contribution in [0.5, 0.6) is 5.75 Å². The smallest absolute Gasteiger partial charge is 0.460 e. The highest BCUT2D eigenvalue weighted by atomic mass is 19.4. The molecule has 0 fully saturated rings. The van der Waals surface area contributed by atoms with Crippen LogP contribution >= 0.6 is 0 Å². The monoisotopic (exact) mass is 346 g/mol. The predicted molar refractivity (Wildman–Crippen MR) is 64.6 cm³/mol. The van der Waals surface area contributed by atoms with Crippen molar-refractivity contribution in [3.05, 3.63) is 35.9 Å². The summed E-state index contributed by atoms with van der Waals surface area (Å²) in [5.74, 6) is -16.4. The van der Waals surface area contributed by atoms with E-state index in [-0.39, 0.29) is 11.6 Å². The van der Waals surface area contributed by atoms with Crippen molar-refractivity contribution in [3.63, 3.8) is 0 Å². The maximum absolute atomic E-state index is 13.1. The molecule has 0 aliphatic heterocycles. The van der Waals surface area contributed by atoms with E-state index in [1.807, 2.05) is 0 Å². The number of alkyl halides is 7. The number of methoxy groups -OCH3 is 1. The number of aliphatic hydroxyl groups is 1. The van der Waals surface area contributed by atoms with Crippen LogP contribution in [0.1, 0.15) is 5.56 Å². The minimum Gasteiger partial charge on any atom is -0.507 e. The van der Waals surface area contributed by atoms with Gasteiger partial charge in [0.2, 0.25) is 5.78 Å². The number of rotatable bonds is 5. The molecule has 0 unspecified atom stereocenters. The van der Waals surface area contributed by atoms with Gasteiger partial charge in [-0.3, -0.25) is 4.79 Å². The van der Waals surface area contributed by atoms with Gasteiger partial charge in [0.25, 0.3) is 0 Å². The standard InChI is InChI=1S/C13H9F7O3/c1-23-8-4-2-7(3-5-8)9(21)6-10(22)11(14,15)12(16,17)13(18,19)20/h2-6,21H,1H3/b9-6+. The van der Waals surface area contributed by atoms with Gasteiger partial charge in [0, 0.05) is 11.6 Å². The SMILES string of the molecule is COc1ccc(/C(O)=C\C(=O)C(F)(F)C(F)(F)C(F)(F)F)cc1. The number of ether oxygens (including phenoxy) is 1. The number of carbonyl (C=O) groups excluding carboxylic acids is 1. The van der Waals surface area contributed by atoms with E-state index in [0.717, 1.165) is 12.1 Å². The largest absolute Gasteiger partial charge is 0.507 e. The molecule has 1 aromatic carbocycles. The lowest BCUT2D eigenvalue weighted by Crippen LogP contribution is -2.55. The quantitative estimate of drug-likeness (QED) is 0.498. The average Bonchev–Trinajstić information content (AvgIpc) is 2.45. The van der Waals surface area contributed by atoms with Gasteiger partial charge in [-0.25, -0.2) is 0 Å². The first kappa shape index (κ1) is 18.8. The van der Waals surface area contributed by atoms with E-state index < -0.39 is 29.6 Å². The third kappa shape index (κ3) is 3.57. The summed E-state index contributed by atoms with van der Waals surface area (Å²) in [5.41, 5.74) is -0.259.